The average Bonchev–Trinajstić information content (AvgIpc) is 2.97. The number of hydrogen-bond acceptors (Lipinski definition) is 5. The Bertz CT molecular complexity index is 701. The zero-order valence-corrected chi connectivity index (χ0v) is 13.5. The molecule has 9 heteroatoms. The number of carbonyl (C=O) groups is 2. The molecule has 0 spiro atoms. The summed E-state index contributed by atoms with van der Waals surface area (Å²) in [6.07, 6.45) is 3.52. The molecule has 0 aliphatic carbocycles. The van der Waals surface area contributed by atoms with Crippen LogP contribution in [-0.4, -0.2) is 35.0 Å². The van der Waals surface area contributed by atoms with E-state index in [0.29, 0.717) is 11.3 Å². The van der Waals surface area contributed by atoms with Gasteiger partial charge in [0, 0.05) is 11.8 Å². The topological polar surface area (TPSA) is 111 Å². The molecular formula is C14H18ClN5O3. The van der Waals surface area contributed by atoms with Crippen molar-refractivity contribution in [2.45, 2.75) is 6.92 Å². The molecule has 0 aliphatic rings. The highest BCUT2D eigenvalue weighted by molar-refractivity contribution is 5.97. The van der Waals surface area contributed by atoms with E-state index in [1.807, 2.05) is 18.5 Å². The maximum Gasteiger partial charge on any atom is 0.253 e. The van der Waals surface area contributed by atoms with Crippen LogP contribution in [0.1, 0.15) is 16.1 Å². The summed E-state index contributed by atoms with van der Waals surface area (Å²) in [5.41, 5.74) is 3.95. The fourth-order valence-corrected chi connectivity index (χ4v) is 1.90. The van der Waals surface area contributed by atoms with Gasteiger partial charge in [-0.25, -0.2) is 10.8 Å². The second kappa shape index (κ2) is 8.16. The number of hydrazine groups is 1. The number of nitrogens with two attached hydrogens (primary N) is 1. The van der Waals surface area contributed by atoms with Crippen molar-refractivity contribution in [3.63, 3.8) is 0 Å². The van der Waals surface area contributed by atoms with Gasteiger partial charge in [0.2, 0.25) is 0 Å². The van der Waals surface area contributed by atoms with Crippen LogP contribution in [0.3, 0.4) is 0 Å². The standard InChI is InChI=1S/C14H17N5O3.ClH/c1-9-7-19(8-17-9)11-4-3-10(5-12(11)22-2)14(21)16-6-13(20)18-15;/h3-5,7-8H,6,15H2,1-2H3,(H,16,21)(H,18,20);1H. The summed E-state index contributed by atoms with van der Waals surface area (Å²) in [7, 11) is 1.52. The molecule has 0 aliphatic heterocycles. The Hall–Kier alpha value is -2.58. The second-order valence-corrected chi connectivity index (χ2v) is 4.56. The lowest BCUT2D eigenvalue weighted by molar-refractivity contribution is -0.120. The van der Waals surface area contributed by atoms with Crippen molar-refractivity contribution in [3.05, 3.63) is 42.0 Å². The smallest absolute Gasteiger partial charge is 0.253 e. The maximum atomic E-state index is 12.0. The lowest BCUT2D eigenvalue weighted by Crippen LogP contribution is -2.40. The van der Waals surface area contributed by atoms with Gasteiger partial charge in [0.05, 0.1) is 31.4 Å². The van der Waals surface area contributed by atoms with E-state index in [4.69, 9.17) is 10.6 Å². The van der Waals surface area contributed by atoms with Crippen molar-refractivity contribution in [3.8, 4) is 11.4 Å². The number of hydrogen-bond donors (Lipinski definition) is 3. The highest BCUT2D eigenvalue weighted by Gasteiger charge is 2.12. The fraction of sp³-hybridized carbons (Fsp3) is 0.214. The van der Waals surface area contributed by atoms with E-state index in [1.54, 1.807) is 29.1 Å². The van der Waals surface area contributed by atoms with E-state index < -0.39 is 11.8 Å². The number of nitrogens with one attached hydrogen (secondary N) is 2. The third-order valence-corrected chi connectivity index (χ3v) is 3.00. The Morgan fingerprint density at radius 1 is 1.39 bits per heavy atom. The fourth-order valence-electron chi connectivity index (χ4n) is 1.90. The van der Waals surface area contributed by atoms with E-state index in [9.17, 15) is 9.59 Å². The highest BCUT2D eigenvalue weighted by Crippen LogP contribution is 2.24. The average molecular weight is 340 g/mol. The SMILES string of the molecule is COc1cc(C(=O)NCC(=O)NN)ccc1-n1cnc(C)c1.Cl. The van der Waals surface area contributed by atoms with Crippen LogP contribution in [0.4, 0.5) is 0 Å². The normalized spacial score (nSPS) is 9.70. The Balaban J connectivity index is 0.00000264. The molecule has 1 heterocycles. The first-order valence-corrected chi connectivity index (χ1v) is 6.51. The zero-order chi connectivity index (χ0) is 16.1. The number of halogens is 1. The summed E-state index contributed by atoms with van der Waals surface area (Å²) >= 11 is 0. The van der Waals surface area contributed by atoms with E-state index in [-0.39, 0.29) is 19.0 Å². The summed E-state index contributed by atoms with van der Waals surface area (Å²) in [6.45, 7) is 1.69. The van der Waals surface area contributed by atoms with Gasteiger partial charge in [-0.2, -0.15) is 0 Å². The number of amides is 2. The van der Waals surface area contributed by atoms with E-state index >= 15 is 0 Å². The van der Waals surface area contributed by atoms with Crippen molar-refractivity contribution in [2.75, 3.05) is 13.7 Å². The minimum atomic E-state index is -0.481. The first kappa shape index (κ1) is 18.5. The summed E-state index contributed by atoms with van der Waals surface area (Å²) in [5, 5.41) is 2.46. The van der Waals surface area contributed by atoms with Crippen LogP contribution >= 0.6 is 12.4 Å². The number of ether oxygens (including phenoxy) is 1. The molecule has 1 aromatic carbocycles. The molecule has 8 nitrogen and oxygen atoms in total. The third-order valence-electron chi connectivity index (χ3n) is 3.00. The Labute approximate surface area is 139 Å². The number of nitrogens with zero attached hydrogens (tertiary/aromatic N) is 2. The van der Waals surface area contributed by atoms with Crippen LogP contribution in [0.5, 0.6) is 5.75 Å². The van der Waals surface area contributed by atoms with Gasteiger partial charge in [0.15, 0.2) is 0 Å². The molecule has 0 atom stereocenters. The number of methoxy groups -OCH3 is 1. The molecular weight excluding hydrogens is 322 g/mol. The Morgan fingerprint density at radius 3 is 2.70 bits per heavy atom. The largest absolute Gasteiger partial charge is 0.495 e. The van der Waals surface area contributed by atoms with Crippen molar-refractivity contribution in [1.29, 1.82) is 0 Å². The minimum absolute atomic E-state index is 0. The Morgan fingerprint density at radius 2 is 2.13 bits per heavy atom. The first-order chi connectivity index (χ1) is 10.5. The van der Waals surface area contributed by atoms with Crippen LogP contribution in [0.2, 0.25) is 0 Å². The van der Waals surface area contributed by atoms with Gasteiger partial charge >= 0.3 is 0 Å². The van der Waals surface area contributed by atoms with Crippen molar-refractivity contribution < 1.29 is 14.3 Å². The molecule has 23 heavy (non-hydrogen) atoms. The molecule has 0 saturated heterocycles. The van der Waals surface area contributed by atoms with Gasteiger partial charge in [0.25, 0.3) is 11.8 Å². The number of rotatable bonds is 5. The minimum Gasteiger partial charge on any atom is -0.495 e. The van der Waals surface area contributed by atoms with Gasteiger partial charge in [-0.3, -0.25) is 15.0 Å². The van der Waals surface area contributed by atoms with Crippen LogP contribution in [0.15, 0.2) is 30.7 Å². The number of carbonyl (C=O) groups excluding carboxylic acids is 2. The van der Waals surface area contributed by atoms with E-state index in [1.165, 1.54) is 7.11 Å². The molecule has 2 rings (SSSR count). The quantitative estimate of drug-likeness (QED) is 0.413. The molecule has 2 amide bonds. The van der Waals surface area contributed by atoms with Crippen molar-refractivity contribution in [2.24, 2.45) is 5.84 Å². The molecule has 124 valence electrons. The second-order valence-electron chi connectivity index (χ2n) is 4.56. The molecule has 4 N–H and O–H groups in total. The molecule has 0 saturated carbocycles. The number of imidazole rings is 1. The number of aromatic nitrogens is 2. The molecule has 0 radical (unpaired) electrons. The Kier molecular flexibility index (Phi) is 6.55. The lowest BCUT2D eigenvalue weighted by atomic mass is 10.1. The van der Waals surface area contributed by atoms with Gasteiger partial charge < -0.3 is 14.6 Å². The van der Waals surface area contributed by atoms with E-state index in [2.05, 4.69) is 10.3 Å². The predicted octanol–water partition coefficient (Wildman–Crippen LogP) is 0.331. The van der Waals surface area contributed by atoms with Crippen LogP contribution in [-0.2, 0) is 4.79 Å². The first-order valence-electron chi connectivity index (χ1n) is 6.51. The number of benzene rings is 1. The molecule has 0 bridgehead atoms. The van der Waals surface area contributed by atoms with Gasteiger partial charge in [-0.1, -0.05) is 0 Å². The molecule has 2 aromatic rings. The van der Waals surface area contributed by atoms with Crippen LogP contribution < -0.4 is 21.3 Å². The van der Waals surface area contributed by atoms with Crippen LogP contribution in [0.25, 0.3) is 5.69 Å². The summed E-state index contributed by atoms with van der Waals surface area (Å²) < 4.78 is 7.12. The monoisotopic (exact) mass is 339 g/mol. The summed E-state index contributed by atoms with van der Waals surface area (Å²) in [5.74, 6) is 4.60. The number of aryl methyl sites for hydroxylation is 1. The van der Waals surface area contributed by atoms with E-state index in [0.717, 1.165) is 11.4 Å². The molecule has 1 aromatic heterocycles. The van der Waals surface area contributed by atoms with Gasteiger partial charge in [-0.15, -0.1) is 12.4 Å². The van der Waals surface area contributed by atoms with Gasteiger partial charge in [-0.05, 0) is 25.1 Å². The molecule has 0 unspecified atom stereocenters. The predicted molar refractivity (Wildman–Crippen MR) is 86.8 cm³/mol. The molecule has 0 fully saturated rings. The van der Waals surface area contributed by atoms with Crippen molar-refractivity contribution >= 4 is 24.2 Å². The van der Waals surface area contributed by atoms with Gasteiger partial charge in [0.1, 0.15) is 5.75 Å². The lowest BCUT2D eigenvalue weighted by Gasteiger charge is -2.11. The third kappa shape index (κ3) is 4.44. The summed E-state index contributed by atoms with van der Waals surface area (Å²) in [4.78, 5) is 27.2. The van der Waals surface area contributed by atoms with Crippen LogP contribution in [0, 0.1) is 6.92 Å². The van der Waals surface area contributed by atoms with Crippen molar-refractivity contribution in [1.82, 2.24) is 20.3 Å². The highest BCUT2D eigenvalue weighted by atomic mass is 35.5. The summed E-state index contributed by atoms with van der Waals surface area (Å²) in [6, 6.07) is 4.99. The maximum absolute atomic E-state index is 12.0. The zero-order valence-electron chi connectivity index (χ0n) is 12.7.